The van der Waals surface area contributed by atoms with Crippen molar-refractivity contribution < 1.29 is 14.0 Å². The van der Waals surface area contributed by atoms with Crippen LogP contribution in [0, 0.1) is 29.0 Å². The van der Waals surface area contributed by atoms with E-state index in [0.717, 1.165) is 37.7 Å². The fourth-order valence-electron chi connectivity index (χ4n) is 6.40. The number of hydrogen-bond donors (Lipinski definition) is 1. The summed E-state index contributed by atoms with van der Waals surface area (Å²) < 4.78 is 13.4. The Morgan fingerprint density at radius 2 is 1.97 bits per heavy atom. The highest BCUT2D eigenvalue weighted by molar-refractivity contribution is 5.87. The fourth-order valence-corrected chi connectivity index (χ4v) is 6.40. The van der Waals surface area contributed by atoms with Crippen LogP contribution in [0.15, 0.2) is 24.3 Å². The highest BCUT2D eigenvalue weighted by Gasteiger charge is 2.57. The number of piperazine rings is 1. The molecule has 3 heterocycles. The average molecular weight is 438 g/mol. The summed E-state index contributed by atoms with van der Waals surface area (Å²) in [5.41, 5.74) is 7.31. The largest absolute Gasteiger partial charge is 0.330 e. The number of nitrogens with zero attached hydrogens (tertiary/aromatic N) is 4. The highest BCUT2D eigenvalue weighted by atomic mass is 19.1. The molecule has 2 amide bonds. The molecule has 32 heavy (non-hydrogen) atoms. The summed E-state index contributed by atoms with van der Waals surface area (Å²) in [6.45, 7) is 1.05. The number of piperidine rings is 1. The average Bonchev–Trinajstić information content (AvgIpc) is 3.67. The summed E-state index contributed by atoms with van der Waals surface area (Å²) in [5.74, 6) is 0.568. The SMILES string of the molecule is N#CC1C[C@@H]2C[C@@H]2N1C(=O)C(N)CN1CC2C[C@H]1C(=O)N2C(c1ccc(F)cc1)C1CC1. The third kappa shape index (κ3) is 3.13. The van der Waals surface area contributed by atoms with Crippen LogP contribution in [0.2, 0.25) is 0 Å². The molecule has 0 radical (unpaired) electrons. The zero-order valence-electron chi connectivity index (χ0n) is 17.9. The van der Waals surface area contributed by atoms with E-state index in [-0.39, 0.29) is 47.8 Å². The third-order valence-corrected chi connectivity index (χ3v) is 8.15. The van der Waals surface area contributed by atoms with E-state index in [1.54, 1.807) is 17.0 Å². The van der Waals surface area contributed by atoms with Gasteiger partial charge in [0.2, 0.25) is 11.8 Å². The van der Waals surface area contributed by atoms with Gasteiger partial charge in [-0.3, -0.25) is 14.5 Å². The van der Waals surface area contributed by atoms with Crippen molar-refractivity contribution in [3.63, 3.8) is 0 Å². The second-order valence-electron chi connectivity index (χ2n) is 10.2. The maximum absolute atomic E-state index is 13.4. The lowest BCUT2D eigenvalue weighted by Crippen LogP contribution is -2.57. The number of nitrogens with two attached hydrogens (primary N) is 1. The van der Waals surface area contributed by atoms with Gasteiger partial charge in [0.05, 0.1) is 24.2 Å². The number of rotatable bonds is 6. The van der Waals surface area contributed by atoms with Crippen molar-refractivity contribution in [1.29, 1.82) is 5.26 Å². The summed E-state index contributed by atoms with van der Waals surface area (Å²) in [7, 11) is 0. The number of fused-ring (bicyclic) bond motifs is 3. The molecule has 8 heteroatoms. The van der Waals surface area contributed by atoms with Crippen LogP contribution in [-0.2, 0) is 9.59 Å². The van der Waals surface area contributed by atoms with Crippen LogP contribution >= 0.6 is 0 Å². The Kier molecular flexibility index (Phi) is 4.57. The van der Waals surface area contributed by atoms with Gasteiger partial charge >= 0.3 is 0 Å². The molecule has 2 aliphatic carbocycles. The standard InChI is InChI=1S/C24H28FN5O2/c25-16-5-3-14(4-6-16)22(13-1-2-13)30-18-9-21(24(30)32)28(11-18)12-19(27)23(31)29-17(10-26)7-15-8-20(15)29/h3-6,13,15,17-22H,1-2,7-9,11-12,27H2/t15-,17?,18?,19?,20+,21+,22?/m1/s1. The molecule has 5 aliphatic rings. The molecule has 0 aromatic heterocycles. The van der Waals surface area contributed by atoms with Gasteiger partial charge in [-0.15, -0.1) is 0 Å². The van der Waals surface area contributed by atoms with Gasteiger partial charge in [0.25, 0.3) is 0 Å². The number of carbonyl (C=O) groups is 2. The molecule has 3 saturated heterocycles. The molecular weight excluding hydrogens is 409 g/mol. The first-order chi connectivity index (χ1) is 15.5. The van der Waals surface area contributed by atoms with E-state index in [0.29, 0.717) is 24.9 Å². The van der Waals surface area contributed by atoms with Gasteiger partial charge in [0, 0.05) is 25.2 Å². The Bertz CT molecular complexity index is 989. The van der Waals surface area contributed by atoms with Crippen molar-refractivity contribution in [3.05, 3.63) is 35.6 Å². The summed E-state index contributed by atoms with van der Waals surface area (Å²) in [6.07, 6.45) is 4.66. The molecule has 7 atom stereocenters. The van der Waals surface area contributed by atoms with E-state index in [1.807, 2.05) is 4.90 Å². The zero-order valence-corrected chi connectivity index (χ0v) is 17.9. The summed E-state index contributed by atoms with van der Waals surface area (Å²) in [4.78, 5) is 32.2. The number of nitriles is 1. The Labute approximate surface area is 186 Å². The van der Waals surface area contributed by atoms with E-state index < -0.39 is 6.04 Å². The predicted molar refractivity (Wildman–Crippen MR) is 113 cm³/mol. The van der Waals surface area contributed by atoms with Crippen LogP contribution in [0.1, 0.15) is 43.7 Å². The number of amides is 2. The number of likely N-dealkylation sites (tertiary alicyclic amines) is 3. The maximum Gasteiger partial charge on any atom is 0.242 e. The molecule has 2 saturated carbocycles. The highest BCUT2D eigenvalue weighted by Crippen LogP contribution is 2.50. The lowest BCUT2D eigenvalue weighted by atomic mass is 9.99. The molecule has 2 N–H and O–H groups in total. The molecule has 1 aromatic carbocycles. The normalized spacial score (nSPS) is 35.0. The zero-order chi connectivity index (χ0) is 22.1. The Hall–Kier alpha value is -2.50. The first-order valence-corrected chi connectivity index (χ1v) is 11.8. The monoisotopic (exact) mass is 437 g/mol. The summed E-state index contributed by atoms with van der Waals surface area (Å²) >= 11 is 0. The van der Waals surface area contributed by atoms with Crippen molar-refractivity contribution in [3.8, 4) is 6.07 Å². The van der Waals surface area contributed by atoms with Gasteiger partial charge in [-0.05, 0) is 61.6 Å². The molecule has 0 spiro atoms. The molecule has 6 rings (SSSR count). The Morgan fingerprint density at radius 3 is 2.62 bits per heavy atom. The first-order valence-electron chi connectivity index (χ1n) is 11.8. The summed E-state index contributed by atoms with van der Waals surface area (Å²) in [5, 5.41) is 9.38. The minimum atomic E-state index is -0.720. The van der Waals surface area contributed by atoms with E-state index in [2.05, 4.69) is 11.0 Å². The van der Waals surface area contributed by atoms with Crippen LogP contribution in [0.4, 0.5) is 4.39 Å². The molecule has 4 unspecified atom stereocenters. The number of hydrogen-bond acceptors (Lipinski definition) is 5. The second kappa shape index (κ2) is 7.26. The maximum atomic E-state index is 13.4. The van der Waals surface area contributed by atoms with Crippen LogP contribution in [0.5, 0.6) is 0 Å². The Morgan fingerprint density at radius 1 is 1.22 bits per heavy atom. The van der Waals surface area contributed by atoms with Crippen molar-refractivity contribution in [2.24, 2.45) is 17.6 Å². The summed E-state index contributed by atoms with van der Waals surface area (Å²) in [6, 6.07) is 7.73. The van der Waals surface area contributed by atoms with E-state index in [9.17, 15) is 19.2 Å². The van der Waals surface area contributed by atoms with Crippen molar-refractivity contribution in [1.82, 2.24) is 14.7 Å². The van der Waals surface area contributed by atoms with E-state index in [1.165, 1.54) is 12.1 Å². The van der Waals surface area contributed by atoms with E-state index >= 15 is 0 Å². The molecule has 7 nitrogen and oxygen atoms in total. The van der Waals surface area contributed by atoms with Gasteiger partial charge in [-0.25, -0.2) is 4.39 Å². The Balaban J connectivity index is 1.14. The quantitative estimate of drug-likeness (QED) is 0.726. The second-order valence-corrected chi connectivity index (χ2v) is 10.2. The third-order valence-electron chi connectivity index (χ3n) is 8.15. The number of carbonyl (C=O) groups excluding carboxylic acids is 2. The van der Waals surface area contributed by atoms with Gasteiger partial charge in [-0.2, -0.15) is 5.26 Å². The first kappa shape index (κ1) is 20.1. The lowest BCUT2D eigenvalue weighted by molar-refractivity contribution is -0.142. The topological polar surface area (TPSA) is 93.7 Å². The molecular formula is C24H28FN5O2. The minimum Gasteiger partial charge on any atom is -0.330 e. The molecule has 2 bridgehead atoms. The van der Waals surface area contributed by atoms with Gasteiger partial charge in [0.15, 0.2) is 0 Å². The predicted octanol–water partition coefficient (Wildman–Crippen LogP) is 1.40. The number of halogens is 1. The molecule has 168 valence electrons. The smallest absolute Gasteiger partial charge is 0.242 e. The van der Waals surface area contributed by atoms with Gasteiger partial charge in [0.1, 0.15) is 11.9 Å². The van der Waals surface area contributed by atoms with Crippen molar-refractivity contribution >= 4 is 11.8 Å². The van der Waals surface area contributed by atoms with Crippen LogP contribution < -0.4 is 5.73 Å². The number of benzene rings is 1. The van der Waals surface area contributed by atoms with Crippen LogP contribution in [0.3, 0.4) is 0 Å². The minimum absolute atomic E-state index is 0.00309. The fraction of sp³-hybridized carbons (Fsp3) is 0.625. The molecule has 3 aliphatic heterocycles. The molecule has 1 aromatic rings. The van der Waals surface area contributed by atoms with Crippen molar-refractivity contribution in [2.75, 3.05) is 13.1 Å². The van der Waals surface area contributed by atoms with Crippen LogP contribution in [-0.4, -0.2) is 69.8 Å². The molecule has 5 fully saturated rings. The van der Waals surface area contributed by atoms with Crippen molar-refractivity contribution in [2.45, 2.75) is 68.4 Å². The van der Waals surface area contributed by atoms with Gasteiger partial charge in [-0.1, -0.05) is 12.1 Å². The van der Waals surface area contributed by atoms with Crippen LogP contribution in [0.25, 0.3) is 0 Å². The van der Waals surface area contributed by atoms with E-state index in [4.69, 9.17) is 5.73 Å². The lowest BCUT2D eigenvalue weighted by Gasteiger charge is -2.40. The van der Waals surface area contributed by atoms with Gasteiger partial charge < -0.3 is 15.5 Å².